The summed E-state index contributed by atoms with van der Waals surface area (Å²) < 4.78 is 8.03. The first-order valence-corrected chi connectivity index (χ1v) is 8.37. The van der Waals surface area contributed by atoms with Gasteiger partial charge in [0, 0.05) is 39.1 Å². The topological polar surface area (TPSA) is 66.4 Å². The zero-order chi connectivity index (χ0) is 15.4. The number of carbonyl (C=O) groups is 1. The van der Waals surface area contributed by atoms with E-state index in [4.69, 9.17) is 17.0 Å². The van der Waals surface area contributed by atoms with Gasteiger partial charge in [-0.2, -0.15) is 5.10 Å². The maximum atomic E-state index is 11.8. The SMILES string of the molecule is O=C1CCCN1Cc1n[nH]c(=S)n1CCCN1CCOCC1.[K+]. The van der Waals surface area contributed by atoms with Crippen LogP contribution in [0.3, 0.4) is 0 Å². The quantitative estimate of drug-likeness (QED) is 0.458. The molecule has 0 aliphatic carbocycles. The number of ether oxygens (including phenoxy) is 1. The molecule has 9 heteroatoms. The van der Waals surface area contributed by atoms with Gasteiger partial charge in [0.15, 0.2) is 10.6 Å². The first kappa shape index (κ1) is 19.7. The Kier molecular flexibility index (Phi) is 8.36. The summed E-state index contributed by atoms with van der Waals surface area (Å²) in [6.45, 7) is 6.93. The van der Waals surface area contributed by atoms with Crippen molar-refractivity contribution in [1.29, 1.82) is 0 Å². The maximum absolute atomic E-state index is 11.8. The minimum Gasteiger partial charge on any atom is -0.379 e. The zero-order valence-electron chi connectivity index (χ0n) is 13.8. The summed E-state index contributed by atoms with van der Waals surface area (Å²) in [6.07, 6.45) is 2.62. The van der Waals surface area contributed by atoms with Gasteiger partial charge in [-0.25, -0.2) is 0 Å². The number of hydrogen-bond acceptors (Lipinski definition) is 5. The molecule has 0 atom stereocenters. The Morgan fingerprint density at radius 3 is 2.70 bits per heavy atom. The van der Waals surface area contributed by atoms with Crippen molar-refractivity contribution in [2.75, 3.05) is 39.4 Å². The molecule has 3 rings (SSSR count). The second kappa shape index (κ2) is 9.76. The number of hydrogen-bond donors (Lipinski definition) is 1. The minimum atomic E-state index is 0. The van der Waals surface area contributed by atoms with E-state index in [2.05, 4.69) is 15.1 Å². The van der Waals surface area contributed by atoms with E-state index in [1.165, 1.54) is 0 Å². The fraction of sp³-hybridized carbons (Fsp3) is 0.786. The number of aromatic amines is 1. The molecule has 3 heterocycles. The molecule has 23 heavy (non-hydrogen) atoms. The third-order valence-electron chi connectivity index (χ3n) is 4.30. The van der Waals surface area contributed by atoms with E-state index >= 15 is 0 Å². The summed E-state index contributed by atoms with van der Waals surface area (Å²) >= 11 is 5.32. The Morgan fingerprint density at radius 1 is 1.22 bits per heavy atom. The van der Waals surface area contributed by atoms with E-state index in [1.54, 1.807) is 0 Å². The Balaban J connectivity index is 0.00000192. The molecular weight excluding hydrogens is 341 g/mol. The second-order valence-electron chi connectivity index (χ2n) is 5.82. The second-order valence-corrected chi connectivity index (χ2v) is 6.21. The van der Waals surface area contributed by atoms with Crippen molar-refractivity contribution in [3.05, 3.63) is 10.6 Å². The number of morpholine rings is 1. The first-order valence-electron chi connectivity index (χ1n) is 7.96. The van der Waals surface area contributed by atoms with Gasteiger partial charge in [0.1, 0.15) is 0 Å². The molecule has 2 aliphatic heterocycles. The molecule has 2 aliphatic rings. The molecule has 122 valence electrons. The summed E-state index contributed by atoms with van der Waals surface area (Å²) in [7, 11) is 0. The van der Waals surface area contributed by atoms with Crippen molar-refractivity contribution in [3.63, 3.8) is 0 Å². The number of aromatic nitrogens is 3. The van der Waals surface area contributed by atoms with Crippen LogP contribution >= 0.6 is 12.2 Å². The molecule has 1 N–H and O–H groups in total. The molecule has 2 saturated heterocycles. The van der Waals surface area contributed by atoms with Crippen molar-refractivity contribution < 1.29 is 60.9 Å². The van der Waals surface area contributed by atoms with Crippen LogP contribution in [0, 0.1) is 4.77 Å². The Labute approximate surface area is 184 Å². The number of nitrogens with one attached hydrogen (secondary N) is 1. The van der Waals surface area contributed by atoms with Crippen molar-refractivity contribution >= 4 is 18.1 Å². The number of likely N-dealkylation sites (tertiary alicyclic amines) is 1. The van der Waals surface area contributed by atoms with Crippen LogP contribution in [-0.4, -0.2) is 69.9 Å². The van der Waals surface area contributed by atoms with Crippen molar-refractivity contribution in [2.45, 2.75) is 32.4 Å². The summed E-state index contributed by atoms with van der Waals surface area (Å²) in [5.74, 6) is 1.08. The normalized spacial score (nSPS) is 19.1. The van der Waals surface area contributed by atoms with Gasteiger partial charge in [0.05, 0.1) is 19.8 Å². The molecule has 2 fully saturated rings. The van der Waals surface area contributed by atoms with E-state index in [9.17, 15) is 4.79 Å². The van der Waals surface area contributed by atoms with Gasteiger partial charge in [-0.15, -0.1) is 0 Å². The minimum absolute atomic E-state index is 0. The molecule has 1 amide bonds. The Bertz CT molecular complexity index is 570. The fourth-order valence-corrected chi connectivity index (χ4v) is 3.26. The monoisotopic (exact) mass is 364 g/mol. The van der Waals surface area contributed by atoms with E-state index in [0.29, 0.717) is 17.7 Å². The number of H-pyrrole nitrogens is 1. The predicted octanol–water partition coefficient (Wildman–Crippen LogP) is -2.21. The van der Waals surface area contributed by atoms with Crippen molar-refractivity contribution in [1.82, 2.24) is 24.6 Å². The van der Waals surface area contributed by atoms with Gasteiger partial charge in [0.2, 0.25) is 5.91 Å². The van der Waals surface area contributed by atoms with Crippen LogP contribution in [0.1, 0.15) is 25.1 Å². The zero-order valence-corrected chi connectivity index (χ0v) is 17.7. The number of amides is 1. The summed E-state index contributed by atoms with van der Waals surface area (Å²) in [5, 5.41) is 7.16. The molecule has 1 aromatic rings. The largest absolute Gasteiger partial charge is 1.00 e. The molecule has 1 aromatic heterocycles. The van der Waals surface area contributed by atoms with E-state index in [1.807, 2.05) is 9.47 Å². The first-order chi connectivity index (χ1) is 10.7. The van der Waals surface area contributed by atoms with Gasteiger partial charge in [-0.1, -0.05) is 0 Å². The van der Waals surface area contributed by atoms with Crippen LogP contribution in [0.5, 0.6) is 0 Å². The van der Waals surface area contributed by atoms with Gasteiger partial charge in [-0.3, -0.25) is 14.8 Å². The van der Waals surface area contributed by atoms with Crippen LogP contribution in [0.4, 0.5) is 0 Å². The molecule has 0 saturated carbocycles. The Hall–Kier alpha value is 0.386. The Morgan fingerprint density at radius 2 is 2.00 bits per heavy atom. The molecule has 7 nitrogen and oxygen atoms in total. The van der Waals surface area contributed by atoms with Crippen LogP contribution in [-0.2, 0) is 22.6 Å². The van der Waals surface area contributed by atoms with Crippen LogP contribution in [0.15, 0.2) is 0 Å². The third kappa shape index (κ3) is 5.43. The van der Waals surface area contributed by atoms with E-state index < -0.39 is 0 Å². The van der Waals surface area contributed by atoms with E-state index in [0.717, 1.165) is 64.6 Å². The van der Waals surface area contributed by atoms with Gasteiger partial charge < -0.3 is 14.2 Å². The third-order valence-corrected chi connectivity index (χ3v) is 4.61. The number of nitrogens with zero attached hydrogens (tertiary/aromatic N) is 4. The average molecular weight is 365 g/mol. The maximum Gasteiger partial charge on any atom is 1.00 e. The molecule has 0 unspecified atom stereocenters. The smallest absolute Gasteiger partial charge is 0.379 e. The summed E-state index contributed by atoms with van der Waals surface area (Å²) in [4.78, 5) is 16.0. The molecular formula is C14H23KN5O2S+. The van der Waals surface area contributed by atoms with Crippen LogP contribution < -0.4 is 51.4 Å². The molecule has 0 bridgehead atoms. The molecule has 0 radical (unpaired) electrons. The standard InChI is InChI=1S/C14H23N5O2S.K/c20-13-3-1-5-18(13)11-12-15-16-14(22)19(12)6-2-4-17-7-9-21-10-8-17;/h1-11H2,(H,16,22);/q;+1. The fourth-order valence-electron chi connectivity index (χ4n) is 3.02. The van der Waals surface area contributed by atoms with Crippen LogP contribution in [0.2, 0.25) is 0 Å². The summed E-state index contributed by atoms with van der Waals surface area (Å²) in [6, 6.07) is 0. The van der Waals surface area contributed by atoms with Gasteiger partial charge in [0.25, 0.3) is 0 Å². The predicted molar refractivity (Wildman–Crippen MR) is 83.9 cm³/mol. The average Bonchev–Trinajstić information content (AvgIpc) is 3.09. The van der Waals surface area contributed by atoms with E-state index in [-0.39, 0.29) is 57.3 Å². The van der Waals surface area contributed by atoms with Crippen LogP contribution in [0.25, 0.3) is 0 Å². The van der Waals surface area contributed by atoms with Gasteiger partial charge >= 0.3 is 51.4 Å². The van der Waals surface area contributed by atoms with Gasteiger partial charge in [-0.05, 0) is 25.1 Å². The van der Waals surface area contributed by atoms with Crippen molar-refractivity contribution in [3.8, 4) is 0 Å². The van der Waals surface area contributed by atoms with Crippen molar-refractivity contribution in [2.24, 2.45) is 0 Å². The molecule has 0 aromatic carbocycles. The summed E-state index contributed by atoms with van der Waals surface area (Å²) in [5.41, 5.74) is 0. The number of carbonyl (C=O) groups excluding carboxylic acids is 1. The molecule has 0 spiro atoms. The number of rotatable bonds is 6.